The number of aliphatic imine (C=N–C) groups is 1. The van der Waals surface area contributed by atoms with Gasteiger partial charge in [-0.15, -0.1) is 0 Å². The molecule has 0 spiro atoms. The second-order valence-corrected chi connectivity index (χ2v) is 7.48. The summed E-state index contributed by atoms with van der Waals surface area (Å²) in [5.41, 5.74) is 4.51. The number of rotatable bonds is 4. The molecular weight excluding hydrogens is 462 g/mol. The molecule has 0 fully saturated rings. The largest absolute Gasteiger partial charge is 0.494 e. The number of aryl methyl sites for hydroxylation is 1. The van der Waals surface area contributed by atoms with Crippen LogP contribution in [-0.4, -0.2) is 33.0 Å². The minimum Gasteiger partial charge on any atom is -0.494 e. The number of alkyl halides is 1. The van der Waals surface area contributed by atoms with Crippen molar-refractivity contribution >= 4 is 59.9 Å². The molecule has 4 rings (SSSR count). The summed E-state index contributed by atoms with van der Waals surface area (Å²) < 4.78 is 2.65. The first-order chi connectivity index (χ1) is 12.6. The van der Waals surface area contributed by atoms with Gasteiger partial charge in [-0.25, -0.2) is 4.99 Å². The summed E-state index contributed by atoms with van der Waals surface area (Å²) in [4.78, 5) is 10.2. The van der Waals surface area contributed by atoms with Crippen LogP contribution >= 0.6 is 31.9 Å². The third-order valence-corrected chi connectivity index (χ3v) is 5.27. The van der Waals surface area contributed by atoms with Crippen LogP contribution in [0, 0.1) is 0 Å². The summed E-state index contributed by atoms with van der Waals surface area (Å²) in [6, 6.07) is 13.6. The number of oxime groups is 1. The lowest BCUT2D eigenvalue weighted by atomic mass is 10.0. The molecule has 3 aromatic rings. The van der Waals surface area contributed by atoms with E-state index in [1.54, 1.807) is 4.57 Å². The molecule has 2 aromatic carbocycles. The molecule has 0 saturated carbocycles. The van der Waals surface area contributed by atoms with E-state index in [1.165, 1.54) is 0 Å². The van der Waals surface area contributed by atoms with Crippen LogP contribution < -0.4 is 0 Å². The summed E-state index contributed by atoms with van der Waals surface area (Å²) in [5, 5.41) is 16.7. The highest BCUT2D eigenvalue weighted by Gasteiger charge is 2.30. The van der Waals surface area contributed by atoms with Crippen molar-refractivity contribution in [3.63, 3.8) is 0 Å². The van der Waals surface area contributed by atoms with Gasteiger partial charge in [0.25, 0.3) is 0 Å². The van der Waals surface area contributed by atoms with E-state index in [0.717, 1.165) is 26.6 Å². The predicted octanol–water partition coefficient (Wildman–Crippen LogP) is 4.90. The molecule has 0 aliphatic carbocycles. The average Bonchev–Trinajstić information content (AvgIpc) is 3.12. The van der Waals surface area contributed by atoms with E-state index in [0.29, 0.717) is 28.9 Å². The summed E-state index contributed by atoms with van der Waals surface area (Å²) in [6.45, 7) is 0.450. The van der Waals surface area contributed by atoms with Gasteiger partial charge in [-0.2, -0.15) is 0 Å². The van der Waals surface area contributed by atoms with Crippen molar-refractivity contribution in [1.82, 2.24) is 4.57 Å². The lowest BCUT2D eigenvalue weighted by molar-refractivity contribution is 0.163. The maximum absolute atomic E-state index is 10.8. The first-order valence-electron chi connectivity index (χ1n) is 8.04. The summed E-state index contributed by atoms with van der Waals surface area (Å²) >= 11 is 6.90. The zero-order valence-corrected chi connectivity index (χ0v) is 17.1. The van der Waals surface area contributed by atoms with Gasteiger partial charge in [-0.3, -0.25) is 0 Å². The monoisotopic (exact) mass is 475 g/mol. The van der Waals surface area contributed by atoms with E-state index in [-0.39, 0.29) is 5.88 Å². The molecule has 0 amide bonds. The number of benzene rings is 2. The Hall–Kier alpha value is -2.12. The van der Waals surface area contributed by atoms with Crippen molar-refractivity contribution in [2.45, 2.75) is 0 Å². The van der Waals surface area contributed by atoms with Crippen LogP contribution in [0.5, 0.6) is 5.88 Å². The Morgan fingerprint density at radius 1 is 1.19 bits per heavy atom. The predicted molar refractivity (Wildman–Crippen MR) is 111 cm³/mol. The molecule has 132 valence electrons. The molecule has 1 aliphatic heterocycles. The SMILES string of the molecule is Cn1c(O)c(C2=Nc3ccccc3/C2=N\OCCBr)c2cccc(Br)c21. The highest BCUT2D eigenvalue weighted by Crippen LogP contribution is 2.39. The van der Waals surface area contributed by atoms with E-state index < -0.39 is 0 Å². The lowest BCUT2D eigenvalue weighted by Crippen LogP contribution is -2.14. The zero-order chi connectivity index (χ0) is 18.3. The number of para-hydroxylation sites is 2. The number of aromatic hydroxyl groups is 1. The number of hydrogen-bond acceptors (Lipinski definition) is 4. The molecule has 1 aliphatic rings. The highest BCUT2D eigenvalue weighted by molar-refractivity contribution is 9.10. The summed E-state index contributed by atoms with van der Waals surface area (Å²) in [6.07, 6.45) is 0. The van der Waals surface area contributed by atoms with Crippen molar-refractivity contribution in [3.05, 3.63) is 58.1 Å². The maximum Gasteiger partial charge on any atom is 0.201 e. The number of hydrogen-bond donors (Lipinski definition) is 1. The minimum atomic E-state index is 0.145. The van der Waals surface area contributed by atoms with Crippen LogP contribution in [-0.2, 0) is 11.9 Å². The third kappa shape index (κ3) is 2.66. The Morgan fingerprint density at radius 2 is 2.00 bits per heavy atom. The van der Waals surface area contributed by atoms with Crippen LogP contribution in [0.15, 0.2) is 57.1 Å². The van der Waals surface area contributed by atoms with Crippen molar-refractivity contribution in [2.75, 3.05) is 11.9 Å². The van der Waals surface area contributed by atoms with Crippen LogP contribution in [0.1, 0.15) is 11.1 Å². The number of fused-ring (bicyclic) bond motifs is 2. The van der Waals surface area contributed by atoms with Gasteiger partial charge in [-0.1, -0.05) is 51.4 Å². The van der Waals surface area contributed by atoms with Gasteiger partial charge in [0.15, 0.2) is 0 Å². The first kappa shape index (κ1) is 17.3. The van der Waals surface area contributed by atoms with E-state index in [4.69, 9.17) is 9.83 Å². The molecule has 7 heteroatoms. The molecule has 1 aromatic heterocycles. The topological polar surface area (TPSA) is 59.1 Å². The molecule has 2 heterocycles. The van der Waals surface area contributed by atoms with Crippen molar-refractivity contribution in [2.24, 2.45) is 17.2 Å². The second-order valence-electron chi connectivity index (χ2n) is 5.83. The minimum absolute atomic E-state index is 0.145. The van der Waals surface area contributed by atoms with E-state index in [9.17, 15) is 5.11 Å². The number of aromatic nitrogens is 1. The first-order valence-corrected chi connectivity index (χ1v) is 9.95. The van der Waals surface area contributed by atoms with Gasteiger partial charge in [-0.05, 0) is 28.1 Å². The van der Waals surface area contributed by atoms with Gasteiger partial charge in [0.05, 0.1) is 16.8 Å². The van der Waals surface area contributed by atoms with Gasteiger partial charge in [0.2, 0.25) is 5.88 Å². The molecule has 0 saturated heterocycles. The molecule has 5 nitrogen and oxygen atoms in total. The van der Waals surface area contributed by atoms with Gasteiger partial charge in [0.1, 0.15) is 18.0 Å². The fourth-order valence-corrected chi connectivity index (χ4v) is 3.95. The Balaban J connectivity index is 1.95. The van der Waals surface area contributed by atoms with Crippen molar-refractivity contribution < 1.29 is 9.94 Å². The second kappa shape index (κ2) is 6.89. The fraction of sp³-hybridized carbons (Fsp3) is 0.158. The zero-order valence-electron chi connectivity index (χ0n) is 13.9. The van der Waals surface area contributed by atoms with Crippen LogP contribution in [0.2, 0.25) is 0 Å². The van der Waals surface area contributed by atoms with Crippen molar-refractivity contribution in [3.8, 4) is 5.88 Å². The van der Waals surface area contributed by atoms with E-state index in [2.05, 4.69) is 37.0 Å². The third-order valence-electron chi connectivity index (χ3n) is 4.31. The Kier molecular flexibility index (Phi) is 4.58. The van der Waals surface area contributed by atoms with E-state index in [1.807, 2.05) is 49.5 Å². The number of nitrogens with zero attached hydrogens (tertiary/aromatic N) is 3. The Morgan fingerprint density at radius 3 is 2.81 bits per heavy atom. The molecule has 26 heavy (non-hydrogen) atoms. The number of halogens is 2. The smallest absolute Gasteiger partial charge is 0.201 e. The van der Waals surface area contributed by atoms with Gasteiger partial charge < -0.3 is 14.5 Å². The molecule has 0 unspecified atom stereocenters. The van der Waals surface area contributed by atoms with Gasteiger partial charge in [0, 0.05) is 27.8 Å². The summed E-state index contributed by atoms with van der Waals surface area (Å²) in [5.74, 6) is 0.145. The maximum atomic E-state index is 10.8. The quantitative estimate of drug-likeness (QED) is 0.331. The Labute approximate surface area is 167 Å². The molecule has 0 radical (unpaired) electrons. The lowest BCUT2D eigenvalue weighted by Gasteiger charge is -2.05. The molecular formula is C19H15Br2N3O2. The highest BCUT2D eigenvalue weighted by atomic mass is 79.9. The van der Waals surface area contributed by atoms with Crippen molar-refractivity contribution in [1.29, 1.82) is 0 Å². The molecule has 0 bridgehead atoms. The molecule has 0 atom stereocenters. The van der Waals surface area contributed by atoms with Crippen LogP contribution in [0.25, 0.3) is 10.9 Å². The average molecular weight is 477 g/mol. The van der Waals surface area contributed by atoms with Crippen LogP contribution in [0.3, 0.4) is 0 Å². The summed E-state index contributed by atoms with van der Waals surface area (Å²) in [7, 11) is 1.83. The van der Waals surface area contributed by atoms with Gasteiger partial charge >= 0.3 is 0 Å². The Bertz CT molecular complexity index is 1070. The standard InChI is InChI=1S/C19H15Br2N3O2/c1-24-18-12(6-4-7-13(18)21)15(19(24)25)17-16(23-26-10-9-20)11-5-2-3-8-14(11)22-17/h2-8,25H,9-10H2,1H3/b23-16+. The molecule has 1 N–H and O–H groups in total. The van der Waals surface area contributed by atoms with E-state index >= 15 is 0 Å². The normalized spacial score (nSPS) is 14.7. The van der Waals surface area contributed by atoms with Crippen LogP contribution in [0.4, 0.5) is 5.69 Å². The fourth-order valence-electron chi connectivity index (χ4n) is 3.17.